The lowest BCUT2D eigenvalue weighted by molar-refractivity contribution is 0.0985. The molecule has 0 bridgehead atoms. The number of H-pyrrole nitrogens is 1. The van der Waals surface area contributed by atoms with Gasteiger partial charge in [0.1, 0.15) is 17.5 Å². The zero-order valence-electron chi connectivity index (χ0n) is 14.9. The number of pyridine rings is 1. The predicted molar refractivity (Wildman–Crippen MR) is 99.5 cm³/mol. The van der Waals surface area contributed by atoms with Crippen molar-refractivity contribution in [2.45, 2.75) is 30.6 Å². The summed E-state index contributed by atoms with van der Waals surface area (Å²) in [5, 5.41) is 9.96. The zero-order chi connectivity index (χ0) is 18.4. The van der Waals surface area contributed by atoms with Gasteiger partial charge in [-0.3, -0.25) is 5.10 Å². The van der Waals surface area contributed by atoms with Gasteiger partial charge in [0.2, 0.25) is 0 Å². The monoisotopic (exact) mass is 377 g/mol. The third kappa shape index (κ3) is 3.05. The summed E-state index contributed by atoms with van der Waals surface area (Å²) in [4.78, 5) is 6.89. The SMILES string of the molecule is C[C@@H]1COCCN1c1cc(C2(S(C)(=O)=O)CC2)cc(Nc2ccn[nH]2)n1. The minimum Gasteiger partial charge on any atom is -0.377 e. The topological polar surface area (TPSA) is 100 Å². The number of nitrogens with zero attached hydrogens (tertiary/aromatic N) is 3. The Morgan fingerprint density at radius 1 is 1.38 bits per heavy atom. The highest BCUT2D eigenvalue weighted by atomic mass is 32.2. The molecule has 2 aromatic rings. The van der Waals surface area contributed by atoms with Crippen molar-refractivity contribution in [1.29, 1.82) is 0 Å². The van der Waals surface area contributed by atoms with E-state index in [9.17, 15) is 8.42 Å². The molecule has 9 heteroatoms. The van der Waals surface area contributed by atoms with Crippen molar-refractivity contribution >= 4 is 27.3 Å². The van der Waals surface area contributed by atoms with Crippen molar-refractivity contribution in [3.05, 3.63) is 30.0 Å². The number of aromatic nitrogens is 3. The first-order valence-corrected chi connectivity index (χ1v) is 10.6. The van der Waals surface area contributed by atoms with E-state index >= 15 is 0 Å². The van der Waals surface area contributed by atoms with Crippen LogP contribution in [0.15, 0.2) is 24.4 Å². The summed E-state index contributed by atoms with van der Waals surface area (Å²) >= 11 is 0. The van der Waals surface area contributed by atoms with E-state index in [1.807, 2.05) is 12.1 Å². The molecule has 2 fully saturated rings. The third-order valence-corrected chi connectivity index (χ3v) is 7.24. The second kappa shape index (κ2) is 6.24. The minimum atomic E-state index is -3.20. The molecule has 26 heavy (non-hydrogen) atoms. The Morgan fingerprint density at radius 2 is 2.19 bits per heavy atom. The Balaban J connectivity index is 1.77. The van der Waals surface area contributed by atoms with Crippen LogP contribution in [0.2, 0.25) is 0 Å². The van der Waals surface area contributed by atoms with Gasteiger partial charge in [0.05, 0.1) is 30.2 Å². The first-order chi connectivity index (χ1) is 12.4. The van der Waals surface area contributed by atoms with Gasteiger partial charge in [-0.15, -0.1) is 0 Å². The van der Waals surface area contributed by atoms with Crippen molar-refractivity contribution in [2.75, 3.05) is 36.2 Å². The minimum absolute atomic E-state index is 0.180. The van der Waals surface area contributed by atoms with Crippen molar-refractivity contribution in [2.24, 2.45) is 0 Å². The van der Waals surface area contributed by atoms with Gasteiger partial charge < -0.3 is 15.0 Å². The lowest BCUT2D eigenvalue weighted by Crippen LogP contribution is -2.44. The summed E-state index contributed by atoms with van der Waals surface area (Å²) in [5.41, 5.74) is 0.797. The van der Waals surface area contributed by atoms with Gasteiger partial charge in [-0.05, 0) is 37.5 Å². The Hall–Kier alpha value is -2.13. The highest BCUT2D eigenvalue weighted by Crippen LogP contribution is 2.53. The standard InChI is InChI=1S/C17H23N5O3S/c1-12-11-25-8-7-22(12)16-10-13(17(4-5-17)26(2,23)24)9-15(20-16)19-14-3-6-18-21-14/h3,6,9-10,12H,4-5,7-8,11H2,1-2H3,(H2,18,19,20,21)/t12-/m1/s1. The number of ether oxygens (including phenoxy) is 1. The summed E-state index contributed by atoms with van der Waals surface area (Å²) in [5.74, 6) is 2.09. The van der Waals surface area contributed by atoms with Gasteiger partial charge in [0.25, 0.3) is 0 Å². The van der Waals surface area contributed by atoms with Gasteiger partial charge in [-0.1, -0.05) is 0 Å². The molecule has 1 saturated carbocycles. The summed E-state index contributed by atoms with van der Waals surface area (Å²) in [6, 6.07) is 5.74. The van der Waals surface area contributed by atoms with Crippen LogP contribution in [0, 0.1) is 0 Å². The fourth-order valence-corrected chi connectivity index (χ4v) is 4.90. The molecule has 3 heterocycles. The van der Waals surface area contributed by atoms with Crippen LogP contribution in [-0.2, 0) is 19.3 Å². The van der Waals surface area contributed by atoms with Crippen molar-refractivity contribution < 1.29 is 13.2 Å². The van der Waals surface area contributed by atoms with Gasteiger partial charge in [-0.25, -0.2) is 13.4 Å². The molecule has 2 aliphatic rings. The summed E-state index contributed by atoms with van der Waals surface area (Å²) < 4.78 is 29.5. The molecule has 0 aromatic carbocycles. The molecule has 2 N–H and O–H groups in total. The van der Waals surface area contributed by atoms with Crippen LogP contribution in [0.5, 0.6) is 0 Å². The first-order valence-electron chi connectivity index (χ1n) is 8.72. The molecule has 1 aliphatic carbocycles. The van der Waals surface area contributed by atoms with E-state index in [1.54, 1.807) is 12.3 Å². The molecule has 1 saturated heterocycles. The Kier molecular flexibility index (Phi) is 4.15. The molecule has 0 unspecified atom stereocenters. The van der Waals surface area contributed by atoms with Crippen molar-refractivity contribution in [3.8, 4) is 0 Å². The molecule has 0 amide bonds. The average molecular weight is 377 g/mol. The van der Waals surface area contributed by atoms with Crippen molar-refractivity contribution in [1.82, 2.24) is 15.2 Å². The quantitative estimate of drug-likeness (QED) is 0.819. The van der Waals surface area contributed by atoms with E-state index in [0.717, 1.165) is 17.9 Å². The number of aromatic amines is 1. The zero-order valence-corrected chi connectivity index (χ0v) is 15.7. The number of anilines is 3. The molecule has 8 nitrogen and oxygen atoms in total. The van der Waals surface area contributed by atoms with Crippen LogP contribution >= 0.6 is 0 Å². The van der Waals surface area contributed by atoms with Gasteiger partial charge in [0, 0.05) is 18.9 Å². The number of sulfone groups is 1. The smallest absolute Gasteiger partial charge is 0.157 e. The van der Waals surface area contributed by atoms with E-state index in [-0.39, 0.29) is 6.04 Å². The fraction of sp³-hybridized carbons (Fsp3) is 0.529. The first kappa shape index (κ1) is 17.3. The molecule has 2 aromatic heterocycles. The van der Waals surface area contributed by atoms with Gasteiger partial charge in [-0.2, -0.15) is 5.10 Å². The maximum Gasteiger partial charge on any atom is 0.157 e. The lowest BCUT2D eigenvalue weighted by Gasteiger charge is -2.35. The lowest BCUT2D eigenvalue weighted by atomic mass is 10.1. The van der Waals surface area contributed by atoms with E-state index < -0.39 is 14.6 Å². The van der Waals surface area contributed by atoms with Crippen LogP contribution in [-0.4, -0.2) is 55.7 Å². The number of hydrogen-bond donors (Lipinski definition) is 2. The van der Waals surface area contributed by atoms with Crippen molar-refractivity contribution in [3.63, 3.8) is 0 Å². The molecule has 0 spiro atoms. The molecular weight excluding hydrogens is 354 g/mol. The number of morpholine rings is 1. The van der Waals surface area contributed by atoms with E-state index in [2.05, 4.69) is 27.3 Å². The van der Waals surface area contributed by atoms with E-state index in [0.29, 0.717) is 37.7 Å². The summed E-state index contributed by atoms with van der Waals surface area (Å²) in [7, 11) is -3.20. The molecule has 0 radical (unpaired) electrons. The number of hydrogen-bond acceptors (Lipinski definition) is 7. The Morgan fingerprint density at radius 3 is 2.81 bits per heavy atom. The third-order valence-electron chi connectivity index (χ3n) is 5.18. The molecule has 4 rings (SSSR count). The van der Waals surface area contributed by atoms with Gasteiger partial charge >= 0.3 is 0 Å². The van der Waals surface area contributed by atoms with Crippen LogP contribution < -0.4 is 10.2 Å². The van der Waals surface area contributed by atoms with E-state index in [1.165, 1.54) is 6.26 Å². The fourth-order valence-electron chi connectivity index (χ4n) is 3.51. The normalized spacial score (nSPS) is 22.2. The highest BCUT2D eigenvalue weighted by Gasteiger charge is 2.54. The van der Waals surface area contributed by atoms with Crippen LogP contribution in [0.1, 0.15) is 25.3 Å². The Bertz CT molecular complexity index is 893. The second-order valence-corrected chi connectivity index (χ2v) is 9.40. The van der Waals surface area contributed by atoms with Crippen LogP contribution in [0.25, 0.3) is 0 Å². The molecule has 1 atom stereocenters. The summed E-state index contributed by atoms with van der Waals surface area (Å²) in [6.45, 7) is 4.08. The largest absolute Gasteiger partial charge is 0.377 e. The maximum atomic E-state index is 12.4. The number of rotatable bonds is 5. The molecule has 140 valence electrons. The maximum absolute atomic E-state index is 12.4. The van der Waals surface area contributed by atoms with Crippen LogP contribution in [0.3, 0.4) is 0 Å². The summed E-state index contributed by atoms with van der Waals surface area (Å²) in [6.07, 6.45) is 4.27. The average Bonchev–Trinajstić information content (AvgIpc) is 3.28. The predicted octanol–water partition coefficient (Wildman–Crippen LogP) is 1.81. The Labute approximate surface area is 152 Å². The van der Waals surface area contributed by atoms with Gasteiger partial charge in [0.15, 0.2) is 9.84 Å². The second-order valence-electron chi connectivity index (χ2n) is 7.08. The van der Waals surface area contributed by atoms with Crippen LogP contribution in [0.4, 0.5) is 17.5 Å². The van der Waals surface area contributed by atoms with E-state index in [4.69, 9.17) is 9.72 Å². The molecule has 1 aliphatic heterocycles. The number of nitrogens with one attached hydrogen (secondary N) is 2. The highest BCUT2D eigenvalue weighted by molar-refractivity contribution is 7.92. The molecular formula is C17H23N5O3S.